The molecule has 3 nitrogen and oxygen atoms in total. The predicted octanol–water partition coefficient (Wildman–Crippen LogP) is 5.60. The lowest BCUT2D eigenvalue weighted by atomic mass is 10.0. The molecule has 0 bridgehead atoms. The van der Waals surface area contributed by atoms with Crippen molar-refractivity contribution in [3.05, 3.63) is 65.2 Å². The van der Waals surface area contributed by atoms with Crippen molar-refractivity contribution in [1.82, 2.24) is 0 Å². The van der Waals surface area contributed by atoms with Crippen molar-refractivity contribution in [2.75, 3.05) is 7.11 Å². The van der Waals surface area contributed by atoms with Crippen LogP contribution in [-0.4, -0.2) is 21.1 Å². The SMILES string of the molecule is CO/C(=C(\C(=C=O)[Si](C)(C)C(C)(C)C)c1ccccc1)c1ccco1. The summed E-state index contributed by atoms with van der Waals surface area (Å²) in [6.07, 6.45) is 1.60. The number of ether oxygens (including phenoxy) is 1. The normalized spacial score (nSPS) is 13.0. The van der Waals surface area contributed by atoms with Gasteiger partial charge in [0.15, 0.2) is 11.5 Å². The number of rotatable bonds is 5. The number of methoxy groups -OCH3 is 1. The van der Waals surface area contributed by atoms with Crippen molar-refractivity contribution in [3.63, 3.8) is 0 Å². The zero-order valence-electron chi connectivity index (χ0n) is 15.8. The fourth-order valence-electron chi connectivity index (χ4n) is 2.59. The Morgan fingerprint density at radius 2 is 1.72 bits per heavy atom. The molecule has 1 aromatic carbocycles. The Bertz CT molecular complexity index is 787. The first kappa shape index (κ1) is 19.0. The molecular formula is C21H26O3Si. The third kappa shape index (κ3) is 3.70. The van der Waals surface area contributed by atoms with Crippen LogP contribution in [0.3, 0.4) is 0 Å². The van der Waals surface area contributed by atoms with E-state index in [0.717, 1.165) is 11.1 Å². The van der Waals surface area contributed by atoms with E-state index < -0.39 is 8.07 Å². The second-order valence-corrected chi connectivity index (χ2v) is 12.9. The van der Waals surface area contributed by atoms with Gasteiger partial charge in [-0.25, -0.2) is 4.79 Å². The van der Waals surface area contributed by atoms with Crippen LogP contribution in [0.5, 0.6) is 0 Å². The summed E-state index contributed by atoms with van der Waals surface area (Å²) < 4.78 is 11.3. The molecule has 0 unspecified atom stereocenters. The molecule has 0 aliphatic heterocycles. The summed E-state index contributed by atoms with van der Waals surface area (Å²) in [6, 6.07) is 13.5. The summed E-state index contributed by atoms with van der Waals surface area (Å²) in [5.41, 5.74) is 1.71. The predicted molar refractivity (Wildman–Crippen MR) is 105 cm³/mol. The quantitative estimate of drug-likeness (QED) is 0.304. The maximum absolute atomic E-state index is 12.2. The Morgan fingerprint density at radius 3 is 2.16 bits per heavy atom. The molecule has 1 aromatic heterocycles. The number of carbonyl (C=O) groups excluding carboxylic acids is 1. The van der Waals surface area contributed by atoms with E-state index in [2.05, 4.69) is 39.8 Å². The van der Waals surface area contributed by atoms with E-state index in [1.54, 1.807) is 13.4 Å². The van der Waals surface area contributed by atoms with E-state index in [0.29, 0.717) is 16.7 Å². The minimum absolute atomic E-state index is 0.0121. The lowest BCUT2D eigenvalue weighted by Gasteiger charge is -2.38. The van der Waals surface area contributed by atoms with Gasteiger partial charge in [0, 0.05) is 10.8 Å². The minimum atomic E-state index is -2.16. The molecular weight excluding hydrogens is 328 g/mol. The summed E-state index contributed by atoms with van der Waals surface area (Å²) in [5, 5.41) is 0.696. The van der Waals surface area contributed by atoms with Gasteiger partial charge >= 0.3 is 0 Å². The van der Waals surface area contributed by atoms with Crippen molar-refractivity contribution >= 4 is 25.3 Å². The smallest absolute Gasteiger partial charge is 0.169 e. The maximum atomic E-state index is 12.2. The van der Waals surface area contributed by atoms with Crippen LogP contribution < -0.4 is 0 Å². The first-order chi connectivity index (χ1) is 11.7. The van der Waals surface area contributed by atoms with Crippen molar-refractivity contribution < 1.29 is 13.9 Å². The zero-order valence-corrected chi connectivity index (χ0v) is 16.8. The van der Waals surface area contributed by atoms with Gasteiger partial charge in [-0.2, -0.15) is 0 Å². The highest BCUT2D eigenvalue weighted by atomic mass is 28.3. The Labute approximate surface area is 151 Å². The number of hydrogen-bond acceptors (Lipinski definition) is 3. The van der Waals surface area contributed by atoms with Gasteiger partial charge in [-0.1, -0.05) is 64.2 Å². The summed E-state index contributed by atoms with van der Waals surface area (Å²) in [5.74, 6) is 3.45. The molecule has 2 rings (SSSR count). The largest absolute Gasteiger partial charge is 0.492 e. The van der Waals surface area contributed by atoms with Gasteiger partial charge in [0.05, 0.1) is 13.4 Å². The van der Waals surface area contributed by atoms with Crippen LogP contribution in [0.2, 0.25) is 18.1 Å². The van der Waals surface area contributed by atoms with E-state index in [4.69, 9.17) is 9.15 Å². The summed E-state index contributed by atoms with van der Waals surface area (Å²) in [4.78, 5) is 12.2. The third-order valence-electron chi connectivity index (χ3n) is 5.09. The van der Waals surface area contributed by atoms with Gasteiger partial charge in [-0.15, -0.1) is 0 Å². The van der Waals surface area contributed by atoms with Crippen LogP contribution in [-0.2, 0) is 9.53 Å². The molecule has 0 aliphatic rings. The molecule has 0 amide bonds. The average Bonchev–Trinajstić information content (AvgIpc) is 3.08. The van der Waals surface area contributed by atoms with Crippen molar-refractivity contribution in [1.29, 1.82) is 0 Å². The molecule has 0 saturated heterocycles. The molecule has 0 N–H and O–H groups in total. The molecule has 0 spiro atoms. The van der Waals surface area contributed by atoms with E-state index >= 15 is 0 Å². The number of allylic oxidation sites excluding steroid dienone is 2. The lowest BCUT2D eigenvalue weighted by Crippen LogP contribution is -2.40. The summed E-state index contributed by atoms with van der Waals surface area (Å²) in [6.45, 7) is 10.9. The van der Waals surface area contributed by atoms with Gasteiger partial charge in [0.25, 0.3) is 0 Å². The fourth-order valence-corrected chi connectivity index (χ4v) is 4.48. The van der Waals surface area contributed by atoms with Gasteiger partial charge in [-0.3, -0.25) is 0 Å². The number of furan rings is 1. The van der Waals surface area contributed by atoms with Crippen molar-refractivity contribution in [2.45, 2.75) is 38.9 Å². The lowest BCUT2D eigenvalue weighted by molar-refractivity contribution is 0.353. The highest BCUT2D eigenvalue weighted by Crippen LogP contribution is 2.46. The molecule has 132 valence electrons. The number of hydrogen-bond donors (Lipinski definition) is 0. The maximum Gasteiger partial charge on any atom is 0.169 e. The highest BCUT2D eigenvalue weighted by Gasteiger charge is 2.42. The van der Waals surface area contributed by atoms with E-state index in [9.17, 15) is 4.79 Å². The Morgan fingerprint density at radius 1 is 1.08 bits per heavy atom. The fraction of sp³-hybridized carbons (Fsp3) is 0.333. The van der Waals surface area contributed by atoms with Crippen LogP contribution in [0.15, 0.2) is 58.3 Å². The molecule has 25 heavy (non-hydrogen) atoms. The monoisotopic (exact) mass is 354 g/mol. The standard InChI is InChI=1S/C21H26O3Si/c1-21(2,3)25(5,6)18(15-22)19(16-11-8-7-9-12-16)20(23-4)17-13-10-14-24-17/h7-14H,1-6H3/b20-19-. The van der Waals surface area contributed by atoms with E-state index in [-0.39, 0.29) is 5.04 Å². The van der Waals surface area contributed by atoms with Crippen molar-refractivity contribution in [2.24, 2.45) is 0 Å². The van der Waals surface area contributed by atoms with E-state index in [1.165, 1.54) is 0 Å². The second kappa shape index (κ2) is 7.30. The van der Waals surface area contributed by atoms with Crippen LogP contribution in [0.4, 0.5) is 0 Å². The van der Waals surface area contributed by atoms with Crippen LogP contribution in [0.1, 0.15) is 32.1 Å². The third-order valence-corrected chi connectivity index (χ3v) is 10.4. The average molecular weight is 355 g/mol. The Kier molecular flexibility index (Phi) is 5.56. The second-order valence-electron chi connectivity index (χ2n) is 7.60. The molecule has 4 heteroatoms. The molecule has 0 fully saturated rings. The topological polar surface area (TPSA) is 39.4 Å². The number of benzene rings is 1. The van der Waals surface area contributed by atoms with Gasteiger partial charge in [-0.05, 0) is 22.7 Å². The first-order valence-electron chi connectivity index (χ1n) is 8.37. The van der Waals surface area contributed by atoms with Gasteiger partial charge in [0.1, 0.15) is 14.0 Å². The Balaban J connectivity index is 2.83. The van der Waals surface area contributed by atoms with Gasteiger partial charge < -0.3 is 9.15 Å². The first-order valence-corrected chi connectivity index (χ1v) is 11.4. The summed E-state index contributed by atoms with van der Waals surface area (Å²) >= 11 is 0. The Hall–Kier alpha value is -2.29. The molecule has 2 aromatic rings. The molecule has 0 atom stereocenters. The molecule has 1 heterocycles. The molecule has 0 saturated carbocycles. The van der Waals surface area contributed by atoms with Crippen molar-refractivity contribution in [3.8, 4) is 0 Å². The van der Waals surface area contributed by atoms with Crippen LogP contribution in [0.25, 0.3) is 11.3 Å². The highest BCUT2D eigenvalue weighted by molar-refractivity contribution is 6.90. The van der Waals surface area contributed by atoms with Crippen LogP contribution >= 0.6 is 0 Å². The minimum Gasteiger partial charge on any atom is -0.492 e. The zero-order chi connectivity index (χ0) is 18.7. The van der Waals surface area contributed by atoms with E-state index in [1.807, 2.05) is 42.5 Å². The van der Waals surface area contributed by atoms with Gasteiger partial charge in [0.2, 0.25) is 0 Å². The van der Waals surface area contributed by atoms with Crippen LogP contribution in [0, 0.1) is 0 Å². The summed E-state index contributed by atoms with van der Waals surface area (Å²) in [7, 11) is -0.552. The molecule has 0 radical (unpaired) electrons. The molecule has 0 aliphatic carbocycles.